The molecule has 0 radical (unpaired) electrons. The molecule has 0 aromatic carbocycles. The Hall–Kier alpha value is -0.740. The number of aliphatic carboxylic acids is 1. The summed E-state index contributed by atoms with van der Waals surface area (Å²) in [4.78, 5) is 10.6. The third-order valence-electron chi connectivity index (χ3n) is 2.01. The maximum Gasteiger partial charge on any atom is 0.397 e. The average molecular weight is 241 g/mol. The van der Waals surface area contributed by atoms with Crippen LogP contribution in [0.3, 0.4) is 0 Å². The van der Waals surface area contributed by atoms with Crippen molar-refractivity contribution in [2.45, 2.75) is 24.7 Å². The lowest BCUT2D eigenvalue weighted by atomic mass is 10.00. The molecule has 9 heteroatoms. The SMILES string of the molecule is O=C(O)[C@@H]1CC(OS(=O)(=O)O)[C@H](O)CN1. The lowest BCUT2D eigenvalue weighted by Gasteiger charge is -2.30. The molecule has 8 nitrogen and oxygen atoms in total. The average Bonchev–Trinajstić information content (AvgIpc) is 2.06. The lowest BCUT2D eigenvalue weighted by Crippen LogP contribution is -2.54. The minimum Gasteiger partial charge on any atom is -0.480 e. The van der Waals surface area contributed by atoms with Crippen molar-refractivity contribution in [1.82, 2.24) is 5.32 Å². The van der Waals surface area contributed by atoms with Crippen molar-refractivity contribution in [3.05, 3.63) is 0 Å². The first-order valence-electron chi connectivity index (χ1n) is 4.09. The summed E-state index contributed by atoms with van der Waals surface area (Å²) >= 11 is 0. The molecule has 1 fully saturated rings. The zero-order valence-corrected chi connectivity index (χ0v) is 8.35. The zero-order chi connectivity index (χ0) is 11.6. The number of aliphatic hydroxyl groups is 1. The van der Waals surface area contributed by atoms with E-state index < -0.39 is 34.6 Å². The van der Waals surface area contributed by atoms with Gasteiger partial charge in [-0.3, -0.25) is 9.35 Å². The van der Waals surface area contributed by atoms with Crippen molar-refractivity contribution in [2.24, 2.45) is 0 Å². The van der Waals surface area contributed by atoms with E-state index in [-0.39, 0.29) is 13.0 Å². The maximum atomic E-state index is 10.6. The van der Waals surface area contributed by atoms with Gasteiger partial charge in [-0.05, 0) is 0 Å². The fourth-order valence-electron chi connectivity index (χ4n) is 1.31. The van der Waals surface area contributed by atoms with Crippen molar-refractivity contribution in [2.75, 3.05) is 6.54 Å². The van der Waals surface area contributed by atoms with Crippen LogP contribution in [0, 0.1) is 0 Å². The summed E-state index contributed by atoms with van der Waals surface area (Å²) in [6.07, 6.45) is -2.67. The van der Waals surface area contributed by atoms with Gasteiger partial charge < -0.3 is 15.5 Å². The van der Waals surface area contributed by atoms with Gasteiger partial charge in [-0.15, -0.1) is 0 Å². The molecule has 1 aliphatic rings. The summed E-state index contributed by atoms with van der Waals surface area (Å²) in [6, 6.07) is -1.000. The largest absolute Gasteiger partial charge is 0.480 e. The Morgan fingerprint density at radius 3 is 2.53 bits per heavy atom. The van der Waals surface area contributed by atoms with E-state index in [9.17, 15) is 18.3 Å². The number of carboxylic acids is 1. The molecule has 1 saturated heterocycles. The predicted molar refractivity (Wildman–Crippen MR) is 46.5 cm³/mol. The van der Waals surface area contributed by atoms with Gasteiger partial charge in [-0.1, -0.05) is 0 Å². The summed E-state index contributed by atoms with van der Waals surface area (Å²) in [5, 5.41) is 20.4. The maximum absolute atomic E-state index is 10.6. The third-order valence-corrected chi connectivity index (χ3v) is 2.50. The van der Waals surface area contributed by atoms with Crippen LogP contribution in [0.1, 0.15) is 6.42 Å². The van der Waals surface area contributed by atoms with Gasteiger partial charge in [0.25, 0.3) is 0 Å². The first kappa shape index (κ1) is 12.3. The van der Waals surface area contributed by atoms with Gasteiger partial charge in [-0.25, -0.2) is 4.18 Å². The summed E-state index contributed by atoms with van der Waals surface area (Å²) in [7, 11) is -4.69. The van der Waals surface area contributed by atoms with Gasteiger partial charge in [0.15, 0.2) is 0 Å². The number of β-amino-alcohol motifs (C(OH)–C–C–N with tert-alkyl or cyclic N) is 1. The molecule has 3 atom stereocenters. The highest BCUT2D eigenvalue weighted by molar-refractivity contribution is 7.80. The van der Waals surface area contributed by atoms with Crippen LogP contribution in [0.5, 0.6) is 0 Å². The first-order valence-corrected chi connectivity index (χ1v) is 5.46. The van der Waals surface area contributed by atoms with Crippen LogP contribution in [0.2, 0.25) is 0 Å². The molecule has 0 saturated carbocycles. The Labute approximate surface area is 85.8 Å². The second-order valence-corrected chi connectivity index (χ2v) is 4.21. The molecule has 15 heavy (non-hydrogen) atoms. The molecule has 1 aliphatic heterocycles. The number of carbonyl (C=O) groups is 1. The molecule has 1 heterocycles. The fraction of sp³-hybridized carbons (Fsp3) is 0.833. The quantitative estimate of drug-likeness (QED) is 0.416. The van der Waals surface area contributed by atoms with Crippen molar-refractivity contribution in [3.63, 3.8) is 0 Å². The number of carboxylic acid groups (broad SMARTS) is 1. The van der Waals surface area contributed by atoms with Crippen LogP contribution in [0.15, 0.2) is 0 Å². The van der Waals surface area contributed by atoms with E-state index in [1.54, 1.807) is 0 Å². The summed E-state index contributed by atoms with van der Waals surface area (Å²) in [5.41, 5.74) is 0. The molecular formula is C6H11NO7S. The fourth-order valence-corrected chi connectivity index (χ4v) is 1.83. The highest BCUT2D eigenvalue weighted by Gasteiger charge is 2.35. The topological polar surface area (TPSA) is 133 Å². The Bertz CT molecular complexity index is 339. The Balaban J connectivity index is 2.66. The second-order valence-electron chi connectivity index (χ2n) is 3.16. The zero-order valence-electron chi connectivity index (χ0n) is 7.53. The summed E-state index contributed by atoms with van der Waals surface area (Å²) < 4.78 is 33.3. The summed E-state index contributed by atoms with van der Waals surface area (Å²) in [6.45, 7) is -0.114. The van der Waals surface area contributed by atoms with E-state index in [1.807, 2.05) is 0 Å². The molecule has 0 amide bonds. The van der Waals surface area contributed by atoms with Gasteiger partial charge in [-0.2, -0.15) is 8.42 Å². The molecular weight excluding hydrogens is 230 g/mol. The number of hydrogen-bond acceptors (Lipinski definition) is 6. The van der Waals surface area contributed by atoms with E-state index in [2.05, 4.69) is 9.50 Å². The molecule has 4 N–H and O–H groups in total. The number of nitrogens with one attached hydrogen (secondary N) is 1. The number of aliphatic hydroxyl groups excluding tert-OH is 1. The minimum atomic E-state index is -4.69. The molecule has 0 aromatic rings. The normalized spacial score (nSPS) is 32.5. The number of hydrogen-bond donors (Lipinski definition) is 4. The molecule has 0 bridgehead atoms. The van der Waals surface area contributed by atoms with Gasteiger partial charge in [0, 0.05) is 13.0 Å². The molecule has 1 unspecified atom stereocenters. The number of piperidine rings is 1. The van der Waals surface area contributed by atoms with Gasteiger partial charge in [0.1, 0.15) is 12.1 Å². The van der Waals surface area contributed by atoms with Crippen LogP contribution in [0.25, 0.3) is 0 Å². The predicted octanol–water partition coefficient (Wildman–Crippen LogP) is -2.02. The minimum absolute atomic E-state index is 0.114. The van der Waals surface area contributed by atoms with Crippen LogP contribution in [0.4, 0.5) is 0 Å². The second kappa shape index (κ2) is 4.41. The van der Waals surface area contributed by atoms with Crippen molar-refractivity contribution >= 4 is 16.4 Å². The van der Waals surface area contributed by atoms with Crippen molar-refractivity contribution < 1.29 is 32.2 Å². The van der Waals surface area contributed by atoms with Gasteiger partial charge in [0.2, 0.25) is 0 Å². The smallest absolute Gasteiger partial charge is 0.397 e. The highest BCUT2D eigenvalue weighted by atomic mass is 32.3. The van der Waals surface area contributed by atoms with Crippen molar-refractivity contribution in [1.29, 1.82) is 0 Å². The van der Waals surface area contributed by atoms with Gasteiger partial charge >= 0.3 is 16.4 Å². The van der Waals surface area contributed by atoms with Crippen LogP contribution in [-0.4, -0.2) is 53.9 Å². The van der Waals surface area contributed by atoms with Crippen molar-refractivity contribution in [3.8, 4) is 0 Å². The molecule has 88 valence electrons. The van der Waals surface area contributed by atoms with E-state index in [0.29, 0.717) is 0 Å². The molecule has 1 rings (SSSR count). The molecule has 0 aliphatic carbocycles. The van der Waals surface area contributed by atoms with Crippen LogP contribution in [-0.2, 0) is 19.4 Å². The molecule has 0 aromatic heterocycles. The lowest BCUT2D eigenvalue weighted by molar-refractivity contribution is -0.142. The highest BCUT2D eigenvalue weighted by Crippen LogP contribution is 2.15. The Morgan fingerprint density at radius 1 is 1.47 bits per heavy atom. The molecule has 0 spiro atoms. The summed E-state index contributed by atoms with van der Waals surface area (Å²) in [5.74, 6) is -1.18. The monoisotopic (exact) mass is 241 g/mol. The first-order chi connectivity index (χ1) is 6.79. The van der Waals surface area contributed by atoms with Gasteiger partial charge in [0.05, 0.1) is 6.10 Å². The standard InChI is InChI=1S/C6H11NO7S/c8-4-2-7-3(6(9)10)1-5(4)14-15(11,12)13/h3-5,7-8H,1-2H2,(H,9,10)(H,11,12,13)/t3-,4+,5?/m0/s1. The Kier molecular flexibility index (Phi) is 3.62. The van der Waals surface area contributed by atoms with Crippen LogP contribution < -0.4 is 5.32 Å². The van der Waals surface area contributed by atoms with E-state index in [4.69, 9.17) is 9.66 Å². The third kappa shape index (κ3) is 3.72. The van der Waals surface area contributed by atoms with E-state index in [0.717, 1.165) is 0 Å². The van der Waals surface area contributed by atoms with Crippen LogP contribution >= 0.6 is 0 Å². The Morgan fingerprint density at radius 2 is 2.07 bits per heavy atom. The van der Waals surface area contributed by atoms with E-state index >= 15 is 0 Å². The van der Waals surface area contributed by atoms with E-state index in [1.165, 1.54) is 0 Å². The number of rotatable bonds is 3.